The van der Waals surface area contributed by atoms with Gasteiger partial charge < -0.3 is 45.3 Å². The maximum Gasteiger partial charge on any atom is 0.335 e. The van der Waals surface area contributed by atoms with Gasteiger partial charge in [0, 0.05) is 13.0 Å². The van der Waals surface area contributed by atoms with E-state index in [1.165, 1.54) is 12.1 Å². The lowest BCUT2D eigenvalue weighted by Gasteiger charge is -2.38. The third-order valence-corrected chi connectivity index (χ3v) is 4.83. The normalized spacial score (nSPS) is 24.9. The van der Waals surface area contributed by atoms with Crippen molar-refractivity contribution < 1.29 is 49.0 Å². The molecule has 0 aromatic heterocycles. The molecule has 1 amide bonds. The maximum absolute atomic E-state index is 12.3. The Kier molecular flexibility index (Phi) is 9.56. The van der Waals surface area contributed by atoms with Gasteiger partial charge in [0.1, 0.15) is 30.7 Å². The van der Waals surface area contributed by atoms with E-state index < -0.39 is 42.6 Å². The number of aliphatic carboxylic acids is 1. The fourth-order valence-corrected chi connectivity index (χ4v) is 2.91. The molecule has 0 unspecified atom stereocenters. The molecule has 12 heteroatoms. The SMILES string of the molecule is CNCCC(=O)Nc1cc(COC(=O)C(C)C)ccc1O[C@@H]1O[C@H](C(=O)O)[C@@H](O)[C@H](O)[C@H]1O. The number of aliphatic hydroxyl groups is 3. The number of carboxylic acids is 1. The van der Waals surface area contributed by atoms with Crippen LogP contribution >= 0.6 is 0 Å². The van der Waals surface area contributed by atoms with Crippen molar-refractivity contribution in [2.24, 2.45) is 5.92 Å². The van der Waals surface area contributed by atoms with Crippen LogP contribution in [0.4, 0.5) is 5.69 Å². The summed E-state index contributed by atoms with van der Waals surface area (Å²) >= 11 is 0. The average Bonchev–Trinajstić information content (AvgIpc) is 2.77. The van der Waals surface area contributed by atoms with Crippen molar-refractivity contribution >= 4 is 23.5 Å². The van der Waals surface area contributed by atoms with Gasteiger partial charge in [-0.2, -0.15) is 0 Å². The molecular weight excluding hydrogens is 440 g/mol. The van der Waals surface area contributed by atoms with Crippen LogP contribution in [0, 0.1) is 5.92 Å². The molecule has 1 aromatic rings. The molecule has 0 spiro atoms. The van der Waals surface area contributed by atoms with Crippen LogP contribution in [-0.2, 0) is 30.5 Å². The second-order valence-corrected chi connectivity index (χ2v) is 7.85. The highest BCUT2D eigenvalue weighted by atomic mass is 16.7. The van der Waals surface area contributed by atoms with Crippen LogP contribution < -0.4 is 15.4 Å². The summed E-state index contributed by atoms with van der Waals surface area (Å²) in [5.74, 6) is -2.63. The summed E-state index contributed by atoms with van der Waals surface area (Å²) in [5.41, 5.74) is 0.682. The van der Waals surface area contributed by atoms with Crippen molar-refractivity contribution in [2.45, 2.75) is 57.6 Å². The molecular formula is C21H30N2O10. The molecule has 184 valence electrons. The number of hydrogen-bond acceptors (Lipinski definition) is 10. The van der Waals surface area contributed by atoms with E-state index in [1.807, 2.05) is 0 Å². The van der Waals surface area contributed by atoms with Gasteiger partial charge in [-0.15, -0.1) is 0 Å². The summed E-state index contributed by atoms with van der Waals surface area (Å²) in [6.45, 7) is 3.73. The monoisotopic (exact) mass is 470 g/mol. The molecule has 0 saturated carbocycles. The Labute approximate surface area is 190 Å². The van der Waals surface area contributed by atoms with E-state index in [9.17, 15) is 34.8 Å². The second-order valence-electron chi connectivity index (χ2n) is 7.85. The zero-order chi connectivity index (χ0) is 24.7. The number of anilines is 1. The number of ether oxygens (including phenoxy) is 3. The van der Waals surface area contributed by atoms with Crippen LogP contribution in [0.25, 0.3) is 0 Å². The molecule has 6 N–H and O–H groups in total. The van der Waals surface area contributed by atoms with E-state index in [-0.39, 0.29) is 36.3 Å². The molecule has 33 heavy (non-hydrogen) atoms. The van der Waals surface area contributed by atoms with E-state index in [4.69, 9.17) is 14.2 Å². The molecule has 2 rings (SSSR count). The number of esters is 1. The van der Waals surface area contributed by atoms with E-state index in [2.05, 4.69) is 10.6 Å². The van der Waals surface area contributed by atoms with Crippen molar-refractivity contribution in [3.63, 3.8) is 0 Å². The summed E-state index contributed by atoms with van der Waals surface area (Å²) in [7, 11) is 1.69. The van der Waals surface area contributed by atoms with Gasteiger partial charge in [-0.1, -0.05) is 19.9 Å². The third-order valence-electron chi connectivity index (χ3n) is 4.83. The van der Waals surface area contributed by atoms with Crippen molar-refractivity contribution in [2.75, 3.05) is 18.9 Å². The summed E-state index contributed by atoms with van der Waals surface area (Å²) in [6.07, 6.45) is -8.82. The van der Waals surface area contributed by atoms with Crippen LogP contribution in [0.3, 0.4) is 0 Å². The number of carbonyl (C=O) groups is 3. The molecule has 1 aliphatic heterocycles. The minimum absolute atomic E-state index is 0.00326. The predicted octanol–water partition coefficient (Wildman–Crippen LogP) is -0.795. The quantitative estimate of drug-likeness (QED) is 0.235. The molecule has 1 fully saturated rings. The van der Waals surface area contributed by atoms with Gasteiger partial charge in [-0.3, -0.25) is 9.59 Å². The minimum Gasteiger partial charge on any atom is -0.479 e. The predicted molar refractivity (Wildman–Crippen MR) is 113 cm³/mol. The van der Waals surface area contributed by atoms with Gasteiger partial charge in [0.05, 0.1) is 11.6 Å². The molecule has 1 saturated heterocycles. The summed E-state index contributed by atoms with van der Waals surface area (Å²) in [5, 5.41) is 44.7. The third kappa shape index (κ3) is 7.11. The van der Waals surface area contributed by atoms with Crippen LogP contribution in [0.1, 0.15) is 25.8 Å². The molecule has 1 aromatic carbocycles. The molecule has 0 bridgehead atoms. The lowest BCUT2D eigenvalue weighted by molar-refractivity contribution is -0.271. The lowest BCUT2D eigenvalue weighted by Crippen LogP contribution is -2.61. The number of hydrogen-bond donors (Lipinski definition) is 6. The van der Waals surface area contributed by atoms with Gasteiger partial charge in [0.15, 0.2) is 6.10 Å². The van der Waals surface area contributed by atoms with Gasteiger partial charge in [0.2, 0.25) is 12.2 Å². The van der Waals surface area contributed by atoms with Crippen molar-refractivity contribution in [1.82, 2.24) is 5.32 Å². The van der Waals surface area contributed by atoms with Gasteiger partial charge >= 0.3 is 11.9 Å². The zero-order valence-corrected chi connectivity index (χ0v) is 18.6. The van der Waals surface area contributed by atoms with Crippen LogP contribution in [-0.4, -0.2) is 82.6 Å². The van der Waals surface area contributed by atoms with E-state index in [0.29, 0.717) is 12.1 Å². The smallest absolute Gasteiger partial charge is 0.335 e. The first-order chi connectivity index (χ1) is 15.5. The topological polar surface area (TPSA) is 184 Å². The molecule has 0 aliphatic carbocycles. The largest absolute Gasteiger partial charge is 0.479 e. The van der Waals surface area contributed by atoms with Crippen LogP contribution in [0.2, 0.25) is 0 Å². The van der Waals surface area contributed by atoms with Crippen molar-refractivity contribution in [3.05, 3.63) is 23.8 Å². The number of carboxylic acid groups (broad SMARTS) is 1. The second kappa shape index (κ2) is 11.9. The Bertz CT molecular complexity index is 846. The number of aliphatic hydroxyl groups excluding tert-OH is 3. The Balaban J connectivity index is 2.26. The first-order valence-electron chi connectivity index (χ1n) is 10.4. The summed E-state index contributed by atoms with van der Waals surface area (Å²) in [6, 6.07) is 4.45. The van der Waals surface area contributed by atoms with Crippen LogP contribution in [0.15, 0.2) is 18.2 Å². The average molecular weight is 470 g/mol. The van der Waals surface area contributed by atoms with Gasteiger partial charge in [-0.05, 0) is 24.7 Å². The van der Waals surface area contributed by atoms with Gasteiger partial charge in [-0.25, -0.2) is 4.79 Å². The number of amides is 1. The Hall–Kier alpha value is -2.77. The fourth-order valence-electron chi connectivity index (χ4n) is 2.91. The number of rotatable bonds is 10. The van der Waals surface area contributed by atoms with Crippen molar-refractivity contribution in [1.29, 1.82) is 0 Å². The first-order valence-corrected chi connectivity index (χ1v) is 10.4. The zero-order valence-electron chi connectivity index (χ0n) is 18.6. The fraction of sp³-hybridized carbons (Fsp3) is 0.571. The standard InChI is InChI=1S/C21H30N2O10/c1-10(2)20(30)31-9-11-4-5-13(12(8-11)23-14(24)6-7-22-3)32-21-17(27)15(25)16(26)18(33-21)19(28)29/h4-5,8,10,15-18,21-22,25-27H,6-7,9H2,1-3H3,(H,23,24)(H,28,29)/t15-,16-,17+,18-,21+/m0/s1. The van der Waals surface area contributed by atoms with Crippen LogP contribution in [0.5, 0.6) is 5.75 Å². The maximum atomic E-state index is 12.3. The number of benzene rings is 1. The lowest BCUT2D eigenvalue weighted by atomic mass is 9.99. The van der Waals surface area contributed by atoms with E-state index in [0.717, 1.165) is 0 Å². The molecule has 12 nitrogen and oxygen atoms in total. The molecule has 1 aliphatic rings. The summed E-state index contributed by atoms with van der Waals surface area (Å²) < 4.78 is 15.9. The van der Waals surface area contributed by atoms with Crippen molar-refractivity contribution in [3.8, 4) is 5.75 Å². The van der Waals surface area contributed by atoms with E-state index in [1.54, 1.807) is 27.0 Å². The highest BCUT2D eigenvalue weighted by molar-refractivity contribution is 5.92. The highest BCUT2D eigenvalue weighted by Crippen LogP contribution is 2.31. The number of carbonyl (C=O) groups excluding carboxylic acids is 2. The molecule has 0 radical (unpaired) electrons. The Morgan fingerprint density at radius 3 is 2.42 bits per heavy atom. The Morgan fingerprint density at radius 1 is 1.12 bits per heavy atom. The first kappa shape index (κ1) is 26.5. The highest BCUT2D eigenvalue weighted by Gasteiger charge is 2.48. The molecule has 5 atom stereocenters. The van der Waals surface area contributed by atoms with Gasteiger partial charge in [0.25, 0.3) is 0 Å². The minimum atomic E-state index is -1.86. The Morgan fingerprint density at radius 2 is 1.82 bits per heavy atom. The molecule has 1 heterocycles. The number of nitrogens with one attached hydrogen (secondary N) is 2. The van der Waals surface area contributed by atoms with E-state index >= 15 is 0 Å². The summed E-state index contributed by atoms with van der Waals surface area (Å²) in [4.78, 5) is 35.3.